The second-order valence-corrected chi connectivity index (χ2v) is 3.32. The molecule has 0 aliphatic rings. The smallest absolute Gasteiger partial charge is 0.329 e. The van der Waals surface area contributed by atoms with E-state index in [1.54, 1.807) is 0 Å². The van der Waals surface area contributed by atoms with Gasteiger partial charge in [-0.1, -0.05) is 0 Å². The van der Waals surface area contributed by atoms with Crippen LogP contribution in [0.5, 0.6) is 0 Å². The van der Waals surface area contributed by atoms with Crippen LogP contribution in [0.25, 0.3) is 0 Å². The van der Waals surface area contributed by atoms with E-state index in [2.05, 4.69) is 10.1 Å². The average molecular weight is 249 g/mol. The summed E-state index contributed by atoms with van der Waals surface area (Å²) in [6.45, 7) is 0.0761. The molecule has 0 aromatic rings. The van der Waals surface area contributed by atoms with Crippen LogP contribution in [0.3, 0.4) is 0 Å². The van der Waals surface area contributed by atoms with Gasteiger partial charge in [0.1, 0.15) is 18.8 Å². The van der Waals surface area contributed by atoms with Crippen LogP contribution in [0.1, 0.15) is 13.3 Å². The highest BCUT2D eigenvalue weighted by atomic mass is 16.5. The normalized spacial score (nSPS) is 13.6. The van der Waals surface area contributed by atoms with Gasteiger partial charge in [0.25, 0.3) is 0 Å². The summed E-state index contributed by atoms with van der Waals surface area (Å²) in [7, 11) is 0. The Kier molecular flexibility index (Phi) is 6.83. The van der Waals surface area contributed by atoms with Gasteiger partial charge in [-0.15, -0.1) is 0 Å². The molecule has 0 bridgehead atoms. The maximum atomic E-state index is 11.3. The first-order chi connectivity index (χ1) is 7.86. The maximum Gasteiger partial charge on any atom is 0.329 e. The number of esters is 1. The predicted molar refractivity (Wildman–Crippen MR) is 53.9 cm³/mol. The van der Waals surface area contributed by atoms with Crippen LogP contribution in [-0.2, 0) is 19.1 Å². The Labute approximate surface area is 97.2 Å². The Balaban J connectivity index is 4.31. The number of hydrogen-bond donors (Lipinski definition) is 4. The first-order valence-electron chi connectivity index (χ1n) is 4.81. The Morgan fingerprint density at radius 2 is 1.94 bits per heavy atom. The molecule has 1 amide bonds. The number of carbonyl (C=O) groups is 3. The molecule has 0 saturated heterocycles. The van der Waals surface area contributed by atoms with Gasteiger partial charge in [0, 0.05) is 6.92 Å². The molecule has 4 N–H and O–H groups in total. The molecule has 0 heterocycles. The lowest BCUT2D eigenvalue weighted by molar-refractivity contribution is -0.154. The number of hydrogen-bond acceptors (Lipinski definition) is 6. The Morgan fingerprint density at radius 1 is 1.35 bits per heavy atom. The van der Waals surface area contributed by atoms with Crippen LogP contribution in [-0.4, -0.2) is 58.5 Å². The van der Waals surface area contributed by atoms with Crippen molar-refractivity contribution >= 4 is 17.8 Å². The standard InChI is InChI=1S/C9H15NO7/c1-5(12)10-7(2-8(14)15)9(16)17-4-6(13)3-11/h6-7,11,13H,2-4H2,1H3,(H,10,12)(H,14,15)/t6-,7+/m1/s1. The number of aliphatic hydroxyl groups is 2. The van der Waals surface area contributed by atoms with Gasteiger partial charge in [-0.25, -0.2) is 4.79 Å². The summed E-state index contributed by atoms with van der Waals surface area (Å²) in [6, 6.07) is -1.31. The fourth-order valence-corrected chi connectivity index (χ4v) is 0.945. The Bertz CT molecular complexity index is 275. The van der Waals surface area contributed by atoms with E-state index in [4.69, 9.17) is 15.3 Å². The van der Waals surface area contributed by atoms with E-state index in [0.717, 1.165) is 6.92 Å². The summed E-state index contributed by atoms with van der Waals surface area (Å²) >= 11 is 0. The zero-order chi connectivity index (χ0) is 13.4. The first kappa shape index (κ1) is 15.3. The van der Waals surface area contributed by atoms with E-state index in [-0.39, 0.29) is 0 Å². The minimum atomic E-state index is -1.31. The predicted octanol–water partition coefficient (Wildman–Crippen LogP) is -2.14. The molecule has 0 unspecified atom stereocenters. The zero-order valence-corrected chi connectivity index (χ0v) is 9.25. The van der Waals surface area contributed by atoms with Crippen molar-refractivity contribution in [2.45, 2.75) is 25.5 Å². The van der Waals surface area contributed by atoms with E-state index in [1.165, 1.54) is 0 Å². The maximum absolute atomic E-state index is 11.3. The van der Waals surface area contributed by atoms with E-state index < -0.39 is 49.6 Å². The first-order valence-corrected chi connectivity index (χ1v) is 4.81. The molecular formula is C9H15NO7. The van der Waals surface area contributed by atoms with E-state index >= 15 is 0 Å². The van der Waals surface area contributed by atoms with Crippen molar-refractivity contribution in [1.82, 2.24) is 5.32 Å². The summed E-state index contributed by atoms with van der Waals surface area (Å²) < 4.78 is 4.53. The molecule has 0 aromatic carbocycles. The quantitative estimate of drug-likeness (QED) is 0.378. The Morgan fingerprint density at radius 3 is 2.35 bits per heavy atom. The summed E-state index contributed by atoms with van der Waals surface area (Å²) in [5.41, 5.74) is 0. The summed E-state index contributed by atoms with van der Waals surface area (Å²) in [4.78, 5) is 32.5. The van der Waals surface area contributed by atoms with Crippen molar-refractivity contribution < 1.29 is 34.4 Å². The summed E-state index contributed by atoms with van der Waals surface area (Å²) in [5, 5.41) is 28.0. The van der Waals surface area contributed by atoms with Crippen LogP contribution in [0, 0.1) is 0 Å². The number of ether oxygens (including phenoxy) is 1. The lowest BCUT2D eigenvalue weighted by Gasteiger charge is -2.16. The van der Waals surface area contributed by atoms with Crippen molar-refractivity contribution in [3.63, 3.8) is 0 Å². The highest BCUT2D eigenvalue weighted by Crippen LogP contribution is 1.97. The van der Waals surface area contributed by atoms with Gasteiger partial charge in [-0.05, 0) is 0 Å². The minimum absolute atomic E-state index is 0.467. The van der Waals surface area contributed by atoms with Crippen molar-refractivity contribution in [3.8, 4) is 0 Å². The largest absolute Gasteiger partial charge is 0.481 e. The van der Waals surface area contributed by atoms with Crippen molar-refractivity contribution in [1.29, 1.82) is 0 Å². The highest BCUT2D eigenvalue weighted by Gasteiger charge is 2.24. The van der Waals surface area contributed by atoms with Crippen LogP contribution in [0.15, 0.2) is 0 Å². The number of carboxylic acids is 1. The van der Waals surface area contributed by atoms with Gasteiger partial charge in [0.2, 0.25) is 5.91 Å². The molecule has 0 spiro atoms. The van der Waals surface area contributed by atoms with Gasteiger partial charge >= 0.3 is 11.9 Å². The Hall–Kier alpha value is -1.67. The van der Waals surface area contributed by atoms with Crippen molar-refractivity contribution in [3.05, 3.63) is 0 Å². The summed E-state index contributed by atoms with van der Waals surface area (Å²) in [5.74, 6) is -2.82. The fraction of sp³-hybridized carbons (Fsp3) is 0.667. The van der Waals surface area contributed by atoms with Gasteiger partial charge < -0.3 is 25.4 Å². The molecule has 0 aromatic heterocycles. The molecular weight excluding hydrogens is 234 g/mol. The third kappa shape index (κ3) is 7.25. The molecule has 0 rings (SSSR count). The molecule has 2 atom stereocenters. The van der Waals surface area contributed by atoms with E-state index in [9.17, 15) is 14.4 Å². The number of aliphatic hydroxyl groups excluding tert-OH is 2. The third-order valence-corrected chi connectivity index (χ3v) is 1.67. The summed E-state index contributed by atoms with van der Waals surface area (Å²) in [6.07, 6.45) is -1.85. The van der Waals surface area contributed by atoms with Gasteiger partial charge in [0.05, 0.1) is 13.0 Å². The number of carboxylic acid groups (broad SMARTS) is 1. The highest BCUT2D eigenvalue weighted by molar-refractivity contribution is 5.86. The van der Waals surface area contributed by atoms with Crippen LogP contribution >= 0.6 is 0 Å². The van der Waals surface area contributed by atoms with Crippen LogP contribution in [0.4, 0.5) is 0 Å². The molecule has 8 heteroatoms. The second kappa shape index (κ2) is 7.58. The molecule has 8 nitrogen and oxygen atoms in total. The zero-order valence-electron chi connectivity index (χ0n) is 9.25. The number of nitrogens with one attached hydrogen (secondary N) is 1. The van der Waals surface area contributed by atoms with Crippen LogP contribution in [0.2, 0.25) is 0 Å². The van der Waals surface area contributed by atoms with Gasteiger partial charge in [0.15, 0.2) is 0 Å². The van der Waals surface area contributed by atoms with Gasteiger partial charge in [-0.2, -0.15) is 0 Å². The number of amides is 1. The third-order valence-electron chi connectivity index (χ3n) is 1.67. The lowest BCUT2D eigenvalue weighted by atomic mass is 10.2. The lowest BCUT2D eigenvalue weighted by Crippen LogP contribution is -2.43. The minimum Gasteiger partial charge on any atom is -0.481 e. The number of aliphatic carboxylic acids is 1. The SMILES string of the molecule is CC(=O)N[C@@H](CC(=O)O)C(=O)OC[C@H](O)CO. The molecule has 0 fully saturated rings. The van der Waals surface area contributed by atoms with Crippen LogP contribution < -0.4 is 5.32 Å². The molecule has 0 aliphatic heterocycles. The molecule has 17 heavy (non-hydrogen) atoms. The molecule has 0 aliphatic carbocycles. The van der Waals surface area contributed by atoms with E-state index in [0.29, 0.717) is 0 Å². The van der Waals surface area contributed by atoms with Crippen molar-refractivity contribution in [2.75, 3.05) is 13.2 Å². The fourth-order valence-electron chi connectivity index (χ4n) is 0.945. The van der Waals surface area contributed by atoms with Crippen molar-refractivity contribution in [2.24, 2.45) is 0 Å². The van der Waals surface area contributed by atoms with E-state index in [1.807, 2.05) is 0 Å². The average Bonchev–Trinajstić information content (AvgIpc) is 2.23. The van der Waals surface area contributed by atoms with Gasteiger partial charge in [-0.3, -0.25) is 9.59 Å². The molecule has 98 valence electrons. The molecule has 0 radical (unpaired) electrons. The number of carbonyl (C=O) groups excluding carboxylic acids is 2. The molecule has 0 saturated carbocycles. The number of rotatable bonds is 7. The monoisotopic (exact) mass is 249 g/mol. The second-order valence-electron chi connectivity index (χ2n) is 3.32. The topological polar surface area (TPSA) is 133 Å².